The van der Waals surface area contributed by atoms with Gasteiger partial charge in [0.1, 0.15) is 0 Å². The van der Waals surface area contributed by atoms with Crippen LogP contribution in [-0.2, 0) is 22.6 Å². The number of H-pyrrole nitrogens is 1. The Morgan fingerprint density at radius 2 is 2.15 bits per heavy atom. The normalized spacial score (nSPS) is 16.7. The van der Waals surface area contributed by atoms with Crippen LogP contribution < -0.4 is 5.32 Å². The summed E-state index contributed by atoms with van der Waals surface area (Å²) in [7, 11) is 0. The van der Waals surface area contributed by atoms with Crippen LogP contribution >= 0.6 is 0 Å². The van der Waals surface area contributed by atoms with Crippen molar-refractivity contribution in [1.29, 1.82) is 0 Å². The van der Waals surface area contributed by atoms with Crippen molar-refractivity contribution in [2.75, 3.05) is 19.6 Å². The Balaban J connectivity index is 1.40. The first-order valence-electron chi connectivity index (χ1n) is 9.50. The molecule has 1 atom stereocenters. The van der Waals surface area contributed by atoms with Crippen molar-refractivity contribution in [3.8, 4) is 0 Å². The second kappa shape index (κ2) is 8.37. The molecule has 2 aromatic rings. The predicted molar refractivity (Wildman–Crippen MR) is 101 cm³/mol. The zero-order chi connectivity index (χ0) is 19.4. The monoisotopic (exact) mass is 372 g/mol. The highest BCUT2D eigenvalue weighted by molar-refractivity contribution is 5.82. The van der Waals surface area contributed by atoms with Crippen molar-refractivity contribution < 1.29 is 9.59 Å². The minimum Gasteiger partial charge on any atom is -0.355 e. The Labute approximate surface area is 159 Å². The number of aromatic amines is 1. The molecule has 2 N–H and O–H groups in total. The summed E-state index contributed by atoms with van der Waals surface area (Å²) in [5, 5.41) is 14.4. The van der Waals surface area contributed by atoms with Gasteiger partial charge in [0.2, 0.25) is 11.8 Å². The van der Waals surface area contributed by atoms with E-state index < -0.39 is 0 Å². The van der Waals surface area contributed by atoms with Crippen LogP contribution in [0.25, 0.3) is 0 Å². The second-order valence-corrected chi connectivity index (χ2v) is 7.25. The van der Waals surface area contributed by atoms with Crippen LogP contribution in [0.2, 0.25) is 0 Å². The maximum atomic E-state index is 12.4. The molecule has 1 aliphatic heterocycles. The SMILES string of the molecule is Cc1ccn(CCC(=O)N2CCC(C(=O)NCCc3c(C)n[nH]c3C)C2)n1. The minimum absolute atomic E-state index is 0.0341. The third-order valence-electron chi connectivity index (χ3n) is 5.20. The third kappa shape index (κ3) is 4.75. The molecule has 27 heavy (non-hydrogen) atoms. The molecule has 1 fully saturated rings. The molecule has 2 aromatic heterocycles. The lowest BCUT2D eigenvalue weighted by Crippen LogP contribution is -2.35. The maximum Gasteiger partial charge on any atom is 0.224 e. The molecule has 3 heterocycles. The Morgan fingerprint density at radius 3 is 2.81 bits per heavy atom. The fraction of sp³-hybridized carbons (Fsp3) is 0.579. The maximum absolute atomic E-state index is 12.4. The summed E-state index contributed by atoms with van der Waals surface area (Å²) in [5.41, 5.74) is 4.13. The molecule has 146 valence electrons. The third-order valence-corrected chi connectivity index (χ3v) is 5.20. The molecule has 8 heteroatoms. The molecule has 0 saturated carbocycles. The standard InChI is InChI=1S/C19H28N6O2/c1-13-5-10-25(23-13)11-7-18(26)24-9-6-16(12-24)19(27)20-8-4-17-14(2)21-22-15(17)3/h5,10,16H,4,6-9,11-12H2,1-3H3,(H,20,27)(H,21,22). The van der Waals surface area contributed by atoms with E-state index in [1.165, 1.54) is 0 Å². The van der Waals surface area contributed by atoms with E-state index in [9.17, 15) is 9.59 Å². The number of likely N-dealkylation sites (tertiary alicyclic amines) is 1. The van der Waals surface area contributed by atoms with Crippen molar-refractivity contribution in [2.24, 2.45) is 5.92 Å². The number of hydrogen-bond acceptors (Lipinski definition) is 4. The van der Waals surface area contributed by atoms with Gasteiger partial charge in [0.05, 0.1) is 17.3 Å². The zero-order valence-electron chi connectivity index (χ0n) is 16.3. The van der Waals surface area contributed by atoms with Crippen LogP contribution in [0, 0.1) is 26.7 Å². The van der Waals surface area contributed by atoms with Gasteiger partial charge in [-0.1, -0.05) is 0 Å². The molecule has 0 aromatic carbocycles. The van der Waals surface area contributed by atoms with Gasteiger partial charge in [-0.2, -0.15) is 10.2 Å². The van der Waals surface area contributed by atoms with Crippen molar-refractivity contribution >= 4 is 11.8 Å². The quantitative estimate of drug-likeness (QED) is 0.761. The first kappa shape index (κ1) is 19.1. The van der Waals surface area contributed by atoms with Crippen LogP contribution in [0.5, 0.6) is 0 Å². The average molecular weight is 372 g/mol. The lowest BCUT2D eigenvalue weighted by atomic mass is 10.1. The highest BCUT2D eigenvalue weighted by Gasteiger charge is 2.30. The smallest absolute Gasteiger partial charge is 0.224 e. The summed E-state index contributed by atoms with van der Waals surface area (Å²) in [6, 6.07) is 1.92. The summed E-state index contributed by atoms with van der Waals surface area (Å²) in [6.45, 7) is 8.19. The van der Waals surface area contributed by atoms with Gasteiger partial charge >= 0.3 is 0 Å². The zero-order valence-corrected chi connectivity index (χ0v) is 16.3. The van der Waals surface area contributed by atoms with E-state index in [1.807, 2.05) is 33.0 Å². The van der Waals surface area contributed by atoms with Crippen LogP contribution in [0.3, 0.4) is 0 Å². The van der Waals surface area contributed by atoms with Crippen molar-refractivity contribution in [3.63, 3.8) is 0 Å². The van der Waals surface area contributed by atoms with Crippen molar-refractivity contribution in [2.45, 2.75) is 46.6 Å². The van der Waals surface area contributed by atoms with Crippen molar-refractivity contribution in [1.82, 2.24) is 30.2 Å². The number of nitrogens with zero attached hydrogens (tertiary/aromatic N) is 4. The largest absolute Gasteiger partial charge is 0.355 e. The van der Waals surface area contributed by atoms with Gasteiger partial charge in [-0.15, -0.1) is 0 Å². The summed E-state index contributed by atoms with van der Waals surface area (Å²) in [6.07, 6.45) is 3.78. The molecule has 0 spiro atoms. The lowest BCUT2D eigenvalue weighted by Gasteiger charge is -2.16. The molecule has 8 nitrogen and oxygen atoms in total. The summed E-state index contributed by atoms with van der Waals surface area (Å²) in [5.74, 6) is 0.00217. The number of nitrogens with one attached hydrogen (secondary N) is 2. The molecule has 1 saturated heterocycles. The summed E-state index contributed by atoms with van der Waals surface area (Å²) < 4.78 is 1.79. The molecular weight excluding hydrogens is 344 g/mol. The van der Waals surface area contributed by atoms with Gasteiger partial charge < -0.3 is 10.2 Å². The molecule has 2 amide bonds. The molecule has 0 aliphatic carbocycles. The second-order valence-electron chi connectivity index (χ2n) is 7.25. The number of carbonyl (C=O) groups is 2. The average Bonchev–Trinajstić information content (AvgIpc) is 3.36. The Hall–Kier alpha value is -2.64. The predicted octanol–water partition coefficient (Wildman–Crippen LogP) is 1.13. The highest BCUT2D eigenvalue weighted by atomic mass is 16.2. The fourth-order valence-electron chi connectivity index (χ4n) is 3.55. The number of rotatable bonds is 7. The Bertz CT molecular complexity index is 789. The topological polar surface area (TPSA) is 95.9 Å². The van der Waals surface area contributed by atoms with E-state index in [-0.39, 0.29) is 17.7 Å². The van der Waals surface area contributed by atoms with Gasteiger partial charge in [0, 0.05) is 44.5 Å². The summed E-state index contributed by atoms with van der Waals surface area (Å²) in [4.78, 5) is 26.6. The first-order chi connectivity index (χ1) is 12.9. The van der Waals surface area contributed by atoms with Gasteiger partial charge in [0.25, 0.3) is 0 Å². The van der Waals surface area contributed by atoms with Crippen molar-refractivity contribution in [3.05, 3.63) is 34.9 Å². The number of amides is 2. The van der Waals surface area contributed by atoms with E-state index in [0.29, 0.717) is 32.6 Å². The molecule has 0 radical (unpaired) electrons. The number of carbonyl (C=O) groups excluding carboxylic acids is 2. The van der Waals surface area contributed by atoms with E-state index in [2.05, 4.69) is 20.6 Å². The number of hydrogen-bond donors (Lipinski definition) is 2. The molecule has 0 bridgehead atoms. The van der Waals surface area contributed by atoms with Gasteiger partial charge in [-0.25, -0.2) is 0 Å². The van der Waals surface area contributed by atoms with Crippen LogP contribution in [0.1, 0.15) is 35.5 Å². The van der Waals surface area contributed by atoms with Gasteiger partial charge in [-0.05, 0) is 45.2 Å². The van der Waals surface area contributed by atoms with E-state index in [4.69, 9.17) is 0 Å². The Morgan fingerprint density at radius 1 is 1.33 bits per heavy atom. The van der Waals surface area contributed by atoms with Crippen LogP contribution in [-0.4, -0.2) is 56.3 Å². The van der Waals surface area contributed by atoms with Crippen LogP contribution in [0.15, 0.2) is 12.3 Å². The first-order valence-corrected chi connectivity index (χ1v) is 9.50. The minimum atomic E-state index is -0.118. The highest BCUT2D eigenvalue weighted by Crippen LogP contribution is 2.18. The van der Waals surface area contributed by atoms with Gasteiger partial charge in [0.15, 0.2) is 0 Å². The lowest BCUT2D eigenvalue weighted by molar-refractivity contribution is -0.131. The Kier molecular flexibility index (Phi) is 5.93. The van der Waals surface area contributed by atoms with Crippen LogP contribution in [0.4, 0.5) is 0 Å². The number of aryl methyl sites for hydroxylation is 4. The molecular formula is C19H28N6O2. The molecule has 1 unspecified atom stereocenters. The van der Waals surface area contributed by atoms with E-state index >= 15 is 0 Å². The molecule has 1 aliphatic rings. The summed E-state index contributed by atoms with van der Waals surface area (Å²) >= 11 is 0. The molecule has 3 rings (SSSR count). The fourth-order valence-corrected chi connectivity index (χ4v) is 3.55. The van der Waals surface area contributed by atoms with E-state index in [1.54, 1.807) is 9.58 Å². The number of aromatic nitrogens is 4. The van der Waals surface area contributed by atoms with E-state index in [0.717, 1.165) is 35.5 Å². The van der Waals surface area contributed by atoms with Gasteiger partial charge in [-0.3, -0.25) is 19.4 Å².